The molecule has 1 aromatic heterocycles. The van der Waals surface area contributed by atoms with Gasteiger partial charge in [-0.05, 0) is 32.6 Å². The van der Waals surface area contributed by atoms with Crippen molar-refractivity contribution in [3.05, 3.63) is 23.8 Å². The van der Waals surface area contributed by atoms with E-state index < -0.39 is 24.7 Å². The highest BCUT2D eigenvalue weighted by Gasteiger charge is 2.41. The summed E-state index contributed by atoms with van der Waals surface area (Å²) >= 11 is 0. The largest absolute Gasteiger partial charge is 0.406 e. The Morgan fingerprint density at radius 2 is 2.05 bits per heavy atom. The lowest BCUT2D eigenvalue weighted by Gasteiger charge is -2.29. The molecule has 110 valence electrons. The molecule has 0 aliphatic heterocycles. The van der Waals surface area contributed by atoms with E-state index in [0.29, 0.717) is 5.69 Å². The van der Waals surface area contributed by atoms with Gasteiger partial charge < -0.3 is 4.90 Å². The number of carbonyl (C=O) groups is 1. The molecule has 0 saturated heterocycles. The lowest BCUT2D eigenvalue weighted by Crippen LogP contribution is -2.45. The number of hydrogen-bond donors (Lipinski definition) is 0. The van der Waals surface area contributed by atoms with E-state index in [1.54, 1.807) is 13.8 Å². The molecule has 1 fully saturated rings. The fraction of sp³-hybridized carbons (Fsp3) is 0.615. The third-order valence-corrected chi connectivity index (χ3v) is 3.41. The van der Waals surface area contributed by atoms with Crippen LogP contribution in [0.25, 0.3) is 0 Å². The average Bonchev–Trinajstić information content (AvgIpc) is 3.18. The Morgan fingerprint density at radius 1 is 1.40 bits per heavy atom. The lowest BCUT2D eigenvalue weighted by molar-refractivity contribution is -0.144. The SMILES string of the molecule is Cc1cnc(C(=O)N(CC(F)(F)F)C(C)C2CC2)cn1. The second-order valence-electron chi connectivity index (χ2n) is 5.17. The molecular formula is C13H16F3N3O. The first-order chi connectivity index (χ1) is 9.28. The van der Waals surface area contributed by atoms with Crippen molar-refractivity contribution in [2.75, 3.05) is 6.54 Å². The van der Waals surface area contributed by atoms with Crippen LogP contribution in [0, 0.1) is 12.8 Å². The van der Waals surface area contributed by atoms with Gasteiger partial charge in [0.2, 0.25) is 0 Å². The number of aromatic nitrogens is 2. The van der Waals surface area contributed by atoms with E-state index in [-0.39, 0.29) is 11.6 Å². The van der Waals surface area contributed by atoms with Crippen LogP contribution < -0.4 is 0 Å². The summed E-state index contributed by atoms with van der Waals surface area (Å²) in [6.07, 6.45) is -0.0941. The molecule has 1 atom stereocenters. The molecule has 1 amide bonds. The molecule has 1 aliphatic carbocycles. The molecule has 1 saturated carbocycles. The summed E-state index contributed by atoms with van der Waals surface area (Å²) in [4.78, 5) is 20.9. The van der Waals surface area contributed by atoms with Gasteiger partial charge in [-0.15, -0.1) is 0 Å². The molecule has 20 heavy (non-hydrogen) atoms. The van der Waals surface area contributed by atoms with Crippen LogP contribution in [0.1, 0.15) is 35.9 Å². The Hall–Kier alpha value is -1.66. The molecule has 1 heterocycles. The van der Waals surface area contributed by atoms with E-state index >= 15 is 0 Å². The molecule has 0 radical (unpaired) electrons. The smallest absolute Gasteiger partial charge is 0.325 e. The minimum absolute atomic E-state index is 0.0488. The number of aryl methyl sites for hydroxylation is 1. The van der Waals surface area contributed by atoms with Gasteiger partial charge in [-0.2, -0.15) is 13.2 Å². The van der Waals surface area contributed by atoms with Crippen LogP contribution in [0.15, 0.2) is 12.4 Å². The number of hydrogen-bond acceptors (Lipinski definition) is 3. The first-order valence-electron chi connectivity index (χ1n) is 6.44. The predicted molar refractivity (Wildman–Crippen MR) is 66.0 cm³/mol. The third-order valence-electron chi connectivity index (χ3n) is 3.41. The first-order valence-corrected chi connectivity index (χ1v) is 6.44. The highest BCUT2D eigenvalue weighted by molar-refractivity contribution is 5.92. The van der Waals surface area contributed by atoms with E-state index in [1.165, 1.54) is 12.4 Å². The van der Waals surface area contributed by atoms with Crippen molar-refractivity contribution in [2.24, 2.45) is 5.92 Å². The van der Waals surface area contributed by atoms with Crippen LogP contribution in [0.3, 0.4) is 0 Å². The van der Waals surface area contributed by atoms with Crippen LogP contribution in [0.5, 0.6) is 0 Å². The first kappa shape index (κ1) is 14.7. The number of halogens is 3. The summed E-state index contributed by atoms with van der Waals surface area (Å²) in [6.45, 7) is 2.10. The van der Waals surface area contributed by atoms with Crippen molar-refractivity contribution < 1.29 is 18.0 Å². The zero-order valence-corrected chi connectivity index (χ0v) is 11.3. The molecule has 1 unspecified atom stereocenters. The summed E-state index contributed by atoms with van der Waals surface area (Å²) < 4.78 is 38.0. The summed E-state index contributed by atoms with van der Waals surface area (Å²) in [6, 6.07) is -0.438. The van der Waals surface area contributed by atoms with Gasteiger partial charge in [0, 0.05) is 12.2 Å². The second-order valence-corrected chi connectivity index (χ2v) is 5.17. The zero-order chi connectivity index (χ0) is 14.9. The minimum atomic E-state index is -4.42. The van der Waals surface area contributed by atoms with Crippen molar-refractivity contribution in [2.45, 2.75) is 38.9 Å². The number of alkyl halides is 3. The van der Waals surface area contributed by atoms with Crippen LogP contribution >= 0.6 is 0 Å². The minimum Gasteiger partial charge on any atom is -0.325 e. The van der Waals surface area contributed by atoms with E-state index in [4.69, 9.17) is 0 Å². The fourth-order valence-electron chi connectivity index (χ4n) is 2.08. The van der Waals surface area contributed by atoms with E-state index in [1.807, 2.05) is 0 Å². The van der Waals surface area contributed by atoms with Crippen molar-refractivity contribution in [3.63, 3.8) is 0 Å². The van der Waals surface area contributed by atoms with Crippen LogP contribution in [-0.4, -0.2) is 39.5 Å². The van der Waals surface area contributed by atoms with Crippen LogP contribution in [-0.2, 0) is 0 Å². The molecule has 4 nitrogen and oxygen atoms in total. The van der Waals surface area contributed by atoms with Gasteiger partial charge in [0.05, 0.1) is 11.9 Å². The third kappa shape index (κ3) is 3.68. The standard InChI is InChI=1S/C13H16F3N3O/c1-8-5-18-11(6-17-8)12(20)19(7-13(14,15)16)9(2)10-3-4-10/h5-6,9-10H,3-4,7H2,1-2H3. The molecule has 1 aliphatic rings. The zero-order valence-electron chi connectivity index (χ0n) is 11.3. The molecule has 0 spiro atoms. The highest BCUT2D eigenvalue weighted by atomic mass is 19.4. The molecule has 0 N–H and O–H groups in total. The van der Waals surface area contributed by atoms with Crippen LogP contribution in [0.2, 0.25) is 0 Å². The van der Waals surface area contributed by atoms with Gasteiger partial charge in [-0.25, -0.2) is 4.98 Å². The van der Waals surface area contributed by atoms with Crippen molar-refractivity contribution >= 4 is 5.91 Å². The maximum Gasteiger partial charge on any atom is 0.406 e. The van der Waals surface area contributed by atoms with Gasteiger partial charge in [0.25, 0.3) is 5.91 Å². The number of rotatable bonds is 4. The number of amides is 1. The van der Waals surface area contributed by atoms with Gasteiger partial charge in [-0.1, -0.05) is 0 Å². The number of carbonyl (C=O) groups excluding carboxylic acids is 1. The van der Waals surface area contributed by atoms with Crippen molar-refractivity contribution in [1.82, 2.24) is 14.9 Å². The summed E-state index contributed by atoms with van der Waals surface area (Å²) in [5.41, 5.74) is 0.562. The highest BCUT2D eigenvalue weighted by Crippen LogP contribution is 2.36. The summed E-state index contributed by atoms with van der Waals surface area (Å²) in [5.74, 6) is -0.561. The quantitative estimate of drug-likeness (QED) is 0.855. The van der Waals surface area contributed by atoms with Crippen molar-refractivity contribution in [3.8, 4) is 0 Å². The van der Waals surface area contributed by atoms with Gasteiger partial charge in [-0.3, -0.25) is 9.78 Å². The molecule has 2 rings (SSSR count). The number of nitrogens with zero attached hydrogens (tertiary/aromatic N) is 3. The lowest BCUT2D eigenvalue weighted by atomic mass is 10.1. The topological polar surface area (TPSA) is 46.1 Å². The molecule has 0 bridgehead atoms. The van der Waals surface area contributed by atoms with Crippen LogP contribution in [0.4, 0.5) is 13.2 Å². The Balaban J connectivity index is 2.20. The van der Waals surface area contributed by atoms with Gasteiger partial charge in [0.1, 0.15) is 12.2 Å². The fourth-order valence-corrected chi connectivity index (χ4v) is 2.08. The normalized spacial score (nSPS) is 16.9. The molecule has 7 heteroatoms. The Kier molecular flexibility index (Phi) is 3.96. The Labute approximate surface area is 115 Å². The maximum absolute atomic E-state index is 12.7. The molecular weight excluding hydrogens is 271 g/mol. The van der Waals surface area contributed by atoms with E-state index in [2.05, 4.69) is 9.97 Å². The average molecular weight is 287 g/mol. The summed E-state index contributed by atoms with van der Waals surface area (Å²) in [5, 5.41) is 0. The summed E-state index contributed by atoms with van der Waals surface area (Å²) in [7, 11) is 0. The predicted octanol–water partition coefficient (Wildman–Crippen LogP) is 2.59. The second kappa shape index (κ2) is 5.38. The van der Waals surface area contributed by atoms with Gasteiger partial charge in [0.15, 0.2) is 0 Å². The van der Waals surface area contributed by atoms with E-state index in [0.717, 1.165) is 17.7 Å². The Bertz CT molecular complexity index is 483. The van der Waals surface area contributed by atoms with Crippen molar-refractivity contribution in [1.29, 1.82) is 0 Å². The van der Waals surface area contributed by atoms with Gasteiger partial charge >= 0.3 is 6.18 Å². The Morgan fingerprint density at radius 3 is 2.50 bits per heavy atom. The van der Waals surface area contributed by atoms with E-state index in [9.17, 15) is 18.0 Å². The molecule has 1 aromatic rings. The monoisotopic (exact) mass is 287 g/mol. The molecule has 0 aromatic carbocycles. The maximum atomic E-state index is 12.7.